The molecule has 2 aromatic carbocycles. The number of benzene rings is 2. The van der Waals surface area contributed by atoms with E-state index >= 15 is 0 Å². The van der Waals surface area contributed by atoms with Gasteiger partial charge in [0.15, 0.2) is 0 Å². The normalized spacial score (nSPS) is 11.2. The predicted octanol–water partition coefficient (Wildman–Crippen LogP) is 6.34. The zero-order valence-electron chi connectivity index (χ0n) is 16.5. The van der Waals surface area contributed by atoms with Crippen LogP contribution >= 0.6 is 34.7 Å². The second-order valence-corrected chi connectivity index (χ2v) is 8.15. The van der Waals surface area contributed by atoms with E-state index in [1.165, 1.54) is 17.1 Å². The third kappa shape index (κ3) is 6.16. The van der Waals surface area contributed by atoms with Crippen LogP contribution in [0.5, 0.6) is 10.9 Å². The molecule has 29 heavy (non-hydrogen) atoms. The van der Waals surface area contributed by atoms with Crippen LogP contribution in [0.3, 0.4) is 0 Å². The van der Waals surface area contributed by atoms with Crippen molar-refractivity contribution in [2.24, 2.45) is 4.99 Å². The molecule has 8 heteroatoms. The van der Waals surface area contributed by atoms with Crippen molar-refractivity contribution in [3.05, 3.63) is 63.4 Å². The highest BCUT2D eigenvalue weighted by molar-refractivity contribution is 7.07. The SMILES string of the molecule is CCN(C)C=Nc1cc(C)c(Oc2nc(CCc3ccc(Cl)cc3)ns2)cc1Cl. The summed E-state index contributed by atoms with van der Waals surface area (Å²) < 4.78 is 10.3. The monoisotopic (exact) mass is 448 g/mol. The highest BCUT2D eigenvalue weighted by Crippen LogP contribution is 2.35. The molecule has 152 valence electrons. The second kappa shape index (κ2) is 10.1. The van der Waals surface area contributed by atoms with E-state index in [2.05, 4.69) is 21.3 Å². The van der Waals surface area contributed by atoms with Crippen LogP contribution in [0.15, 0.2) is 41.4 Å². The molecule has 0 spiro atoms. The average molecular weight is 449 g/mol. The molecular formula is C21H22Cl2N4OS. The van der Waals surface area contributed by atoms with Crippen molar-refractivity contribution in [3.63, 3.8) is 0 Å². The molecule has 0 fully saturated rings. The summed E-state index contributed by atoms with van der Waals surface area (Å²) in [6.07, 6.45) is 3.34. The fourth-order valence-corrected chi connectivity index (χ4v) is 3.40. The fraction of sp³-hybridized carbons (Fsp3) is 0.286. The van der Waals surface area contributed by atoms with Gasteiger partial charge in [-0.15, -0.1) is 0 Å². The maximum atomic E-state index is 6.37. The lowest BCUT2D eigenvalue weighted by atomic mass is 10.1. The van der Waals surface area contributed by atoms with Gasteiger partial charge in [0.2, 0.25) is 0 Å². The zero-order chi connectivity index (χ0) is 20.8. The Morgan fingerprint density at radius 3 is 2.66 bits per heavy atom. The molecule has 0 aliphatic rings. The van der Waals surface area contributed by atoms with Crippen molar-refractivity contribution in [1.82, 2.24) is 14.3 Å². The summed E-state index contributed by atoms with van der Waals surface area (Å²) in [7, 11) is 1.96. The molecule has 3 aromatic rings. The molecule has 0 atom stereocenters. The van der Waals surface area contributed by atoms with Gasteiger partial charge in [0.25, 0.3) is 5.19 Å². The summed E-state index contributed by atoms with van der Waals surface area (Å²) in [4.78, 5) is 10.9. The van der Waals surface area contributed by atoms with Crippen LogP contribution in [-0.2, 0) is 12.8 Å². The summed E-state index contributed by atoms with van der Waals surface area (Å²) in [5, 5.41) is 1.76. The minimum atomic E-state index is 0.497. The number of aliphatic imine (C=N–C) groups is 1. The molecule has 1 heterocycles. The van der Waals surface area contributed by atoms with Gasteiger partial charge in [0.1, 0.15) is 11.6 Å². The lowest BCUT2D eigenvalue weighted by Gasteiger charge is -2.10. The van der Waals surface area contributed by atoms with E-state index in [-0.39, 0.29) is 0 Å². The Kier molecular flexibility index (Phi) is 7.47. The van der Waals surface area contributed by atoms with Crippen molar-refractivity contribution in [2.75, 3.05) is 13.6 Å². The first-order chi connectivity index (χ1) is 13.9. The Morgan fingerprint density at radius 1 is 1.17 bits per heavy atom. The van der Waals surface area contributed by atoms with Gasteiger partial charge in [-0.05, 0) is 49.6 Å². The molecule has 1 aromatic heterocycles. The van der Waals surface area contributed by atoms with Crippen LogP contribution in [0.4, 0.5) is 5.69 Å². The Hall–Kier alpha value is -2.15. The zero-order valence-corrected chi connectivity index (χ0v) is 18.9. The standard InChI is InChI=1S/C21H22Cl2N4OS/c1-4-27(3)13-24-18-11-14(2)19(12-17(18)23)28-21-25-20(26-29-21)10-7-15-5-8-16(22)9-6-15/h5-6,8-9,11-13H,4,7,10H2,1-3H3. The molecule has 0 saturated heterocycles. The number of rotatable bonds is 8. The van der Waals surface area contributed by atoms with E-state index in [9.17, 15) is 0 Å². The van der Waals surface area contributed by atoms with Crippen LogP contribution < -0.4 is 4.74 Å². The number of ether oxygens (including phenoxy) is 1. The van der Waals surface area contributed by atoms with E-state index in [0.717, 1.165) is 35.8 Å². The molecular weight excluding hydrogens is 427 g/mol. The highest BCUT2D eigenvalue weighted by atomic mass is 35.5. The van der Waals surface area contributed by atoms with E-state index in [4.69, 9.17) is 27.9 Å². The minimum absolute atomic E-state index is 0.497. The molecule has 3 rings (SSSR count). The summed E-state index contributed by atoms with van der Waals surface area (Å²) in [6.45, 7) is 4.89. The molecule has 0 N–H and O–H groups in total. The third-order valence-corrected chi connectivity index (χ3v) is 5.52. The van der Waals surface area contributed by atoms with Crippen LogP contribution in [0.1, 0.15) is 23.9 Å². The predicted molar refractivity (Wildman–Crippen MR) is 121 cm³/mol. The summed E-state index contributed by atoms with van der Waals surface area (Å²) >= 11 is 13.5. The van der Waals surface area contributed by atoms with Gasteiger partial charge in [-0.3, -0.25) is 0 Å². The maximum absolute atomic E-state index is 6.37. The maximum Gasteiger partial charge on any atom is 0.298 e. The van der Waals surface area contributed by atoms with Crippen LogP contribution in [0.25, 0.3) is 0 Å². The molecule has 0 bridgehead atoms. The van der Waals surface area contributed by atoms with Crippen molar-refractivity contribution in [3.8, 4) is 10.9 Å². The molecule has 0 amide bonds. The number of aromatic nitrogens is 2. The summed E-state index contributed by atoms with van der Waals surface area (Å²) in [5.41, 5.74) is 2.83. The number of hydrogen-bond acceptors (Lipinski definition) is 5. The van der Waals surface area contributed by atoms with E-state index < -0.39 is 0 Å². The molecule has 0 radical (unpaired) electrons. The van der Waals surface area contributed by atoms with Crippen LogP contribution in [0, 0.1) is 6.92 Å². The van der Waals surface area contributed by atoms with Gasteiger partial charge < -0.3 is 9.64 Å². The van der Waals surface area contributed by atoms with Crippen molar-refractivity contribution >= 4 is 46.8 Å². The third-order valence-electron chi connectivity index (χ3n) is 4.33. The van der Waals surface area contributed by atoms with Crippen molar-refractivity contribution in [2.45, 2.75) is 26.7 Å². The smallest absolute Gasteiger partial charge is 0.298 e. The van der Waals surface area contributed by atoms with Gasteiger partial charge in [0, 0.05) is 42.6 Å². The van der Waals surface area contributed by atoms with Crippen LogP contribution in [-0.4, -0.2) is 34.2 Å². The fourth-order valence-electron chi connectivity index (χ4n) is 2.48. The average Bonchev–Trinajstić information content (AvgIpc) is 3.16. The van der Waals surface area contributed by atoms with Gasteiger partial charge in [-0.2, -0.15) is 9.36 Å². The number of aryl methyl sites for hydroxylation is 3. The highest BCUT2D eigenvalue weighted by Gasteiger charge is 2.11. The largest absolute Gasteiger partial charge is 0.430 e. The lowest BCUT2D eigenvalue weighted by molar-refractivity contribution is 0.473. The van der Waals surface area contributed by atoms with Gasteiger partial charge in [0.05, 0.1) is 17.0 Å². The van der Waals surface area contributed by atoms with Gasteiger partial charge in [-0.25, -0.2) is 4.99 Å². The molecule has 5 nitrogen and oxygen atoms in total. The Bertz CT molecular complexity index is 989. The van der Waals surface area contributed by atoms with E-state index in [0.29, 0.717) is 21.7 Å². The summed E-state index contributed by atoms with van der Waals surface area (Å²) in [5.74, 6) is 1.41. The molecule has 0 aliphatic carbocycles. The first kappa shape index (κ1) is 21.6. The number of halogens is 2. The van der Waals surface area contributed by atoms with Crippen molar-refractivity contribution < 1.29 is 4.74 Å². The van der Waals surface area contributed by atoms with E-state index in [1.54, 1.807) is 12.4 Å². The Labute approximate surface area is 185 Å². The van der Waals surface area contributed by atoms with Crippen molar-refractivity contribution in [1.29, 1.82) is 0 Å². The van der Waals surface area contributed by atoms with Crippen LogP contribution in [0.2, 0.25) is 10.0 Å². The first-order valence-electron chi connectivity index (χ1n) is 9.24. The number of nitrogens with zero attached hydrogens (tertiary/aromatic N) is 4. The number of hydrogen-bond donors (Lipinski definition) is 0. The first-order valence-corrected chi connectivity index (χ1v) is 10.8. The van der Waals surface area contributed by atoms with E-state index in [1.807, 2.05) is 49.2 Å². The minimum Gasteiger partial charge on any atom is -0.430 e. The Morgan fingerprint density at radius 2 is 1.93 bits per heavy atom. The quantitative estimate of drug-likeness (QED) is 0.297. The second-order valence-electron chi connectivity index (χ2n) is 6.59. The van der Waals surface area contributed by atoms with Gasteiger partial charge >= 0.3 is 0 Å². The molecule has 0 saturated carbocycles. The molecule has 0 unspecified atom stereocenters. The topological polar surface area (TPSA) is 50.6 Å². The van der Waals surface area contributed by atoms with Gasteiger partial charge in [-0.1, -0.05) is 35.3 Å². The summed E-state index contributed by atoms with van der Waals surface area (Å²) in [6, 6.07) is 11.5. The molecule has 0 aliphatic heterocycles. The lowest BCUT2D eigenvalue weighted by Crippen LogP contribution is -2.14. The Balaban J connectivity index is 1.65.